The Morgan fingerprint density at radius 1 is 1.39 bits per heavy atom. The number of halogens is 3. The second-order valence-electron chi connectivity index (χ2n) is 4.35. The maximum absolute atomic E-state index is 12.0. The fourth-order valence-corrected chi connectivity index (χ4v) is 2.31. The molecule has 1 aromatic heterocycles. The van der Waals surface area contributed by atoms with Gasteiger partial charge in [-0.3, -0.25) is 4.68 Å². The maximum atomic E-state index is 12.0. The van der Waals surface area contributed by atoms with Crippen LogP contribution in [0.5, 0.6) is 0 Å². The third kappa shape index (κ3) is 4.53. The van der Waals surface area contributed by atoms with Gasteiger partial charge in [-0.1, -0.05) is 0 Å². The molecule has 1 atom stereocenters. The highest BCUT2D eigenvalue weighted by molar-refractivity contribution is 8.00. The Kier molecular flexibility index (Phi) is 5.10. The minimum atomic E-state index is -4.18. The van der Waals surface area contributed by atoms with Crippen molar-refractivity contribution in [2.24, 2.45) is 5.73 Å². The zero-order chi connectivity index (χ0) is 13.9. The quantitative estimate of drug-likeness (QED) is 0.902. The lowest BCUT2D eigenvalue weighted by molar-refractivity contribution is -0.0328. The number of rotatable bonds is 5. The second kappa shape index (κ2) is 5.97. The largest absolute Gasteiger partial charge is 0.441 e. The molecule has 0 bridgehead atoms. The maximum Gasteiger partial charge on any atom is 0.441 e. The van der Waals surface area contributed by atoms with Crippen molar-refractivity contribution >= 4 is 11.8 Å². The van der Waals surface area contributed by atoms with Crippen molar-refractivity contribution in [1.82, 2.24) is 9.78 Å². The summed E-state index contributed by atoms with van der Waals surface area (Å²) in [7, 11) is 0. The lowest BCUT2D eigenvalue weighted by atomic mass is 10.1. The molecular formula is C11H18F3N3S. The number of alkyl halides is 3. The third-order valence-electron chi connectivity index (χ3n) is 2.63. The highest BCUT2D eigenvalue weighted by Crippen LogP contribution is 2.30. The van der Waals surface area contributed by atoms with Gasteiger partial charge in [0.15, 0.2) is 0 Å². The predicted octanol–water partition coefficient (Wildman–Crippen LogP) is 2.64. The number of thioether (sulfide) groups is 1. The SMILES string of the molecule is Cc1nn(CCSC(F)(F)F)c(C)c1CC(C)N. The predicted molar refractivity (Wildman–Crippen MR) is 67.6 cm³/mol. The summed E-state index contributed by atoms with van der Waals surface area (Å²) in [5, 5.41) is 4.26. The molecule has 0 aliphatic heterocycles. The van der Waals surface area contributed by atoms with E-state index in [0.717, 1.165) is 17.0 Å². The van der Waals surface area contributed by atoms with Gasteiger partial charge in [-0.05, 0) is 44.5 Å². The average molecular weight is 281 g/mol. The van der Waals surface area contributed by atoms with Crippen LogP contribution in [0.2, 0.25) is 0 Å². The van der Waals surface area contributed by atoms with Crippen molar-refractivity contribution in [3.63, 3.8) is 0 Å². The van der Waals surface area contributed by atoms with Gasteiger partial charge in [0.2, 0.25) is 0 Å². The Morgan fingerprint density at radius 2 is 2.00 bits per heavy atom. The lowest BCUT2D eigenvalue weighted by Gasteiger charge is -2.08. The molecule has 1 unspecified atom stereocenters. The van der Waals surface area contributed by atoms with Crippen molar-refractivity contribution in [2.75, 3.05) is 5.75 Å². The Balaban J connectivity index is 2.67. The van der Waals surface area contributed by atoms with Crippen molar-refractivity contribution in [2.45, 2.75) is 45.3 Å². The van der Waals surface area contributed by atoms with Gasteiger partial charge in [0.05, 0.1) is 12.2 Å². The summed E-state index contributed by atoms with van der Waals surface area (Å²) >= 11 is -0.0194. The van der Waals surface area contributed by atoms with E-state index in [2.05, 4.69) is 5.10 Å². The molecular weight excluding hydrogens is 263 g/mol. The van der Waals surface area contributed by atoms with E-state index in [4.69, 9.17) is 5.73 Å². The molecule has 0 spiro atoms. The number of hydrogen-bond donors (Lipinski definition) is 1. The van der Waals surface area contributed by atoms with Crippen LogP contribution in [-0.4, -0.2) is 27.1 Å². The lowest BCUT2D eigenvalue weighted by Crippen LogP contribution is -2.18. The van der Waals surface area contributed by atoms with Crippen molar-refractivity contribution < 1.29 is 13.2 Å². The molecule has 0 aliphatic rings. The molecule has 2 N–H and O–H groups in total. The standard InChI is InChI=1S/C11H18F3N3S/c1-7(15)6-10-8(2)16-17(9(10)3)4-5-18-11(12,13)14/h7H,4-6,15H2,1-3H3. The summed E-state index contributed by atoms with van der Waals surface area (Å²) in [5.74, 6) is -0.0247. The zero-order valence-corrected chi connectivity index (χ0v) is 11.5. The molecule has 1 heterocycles. The first-order valence-corrected chi connectivity index (χ1v) is 6.68. The minimum Gasteiger partial charge on any atom is -0.328 e. The van der Waals surface area contributed by atoms with Crippen LogP contribution in [0.15, 0.2) is 0 Å². The Labute approximate surface area is 109 Å². The van der Waals surface area contributed by atoms with E-state index >= 15 is 0 Å². The molecule has 0 fully saturated rings. The smallest absolute Gasteiger partial charge is 0.328 e. The molecule has 18 heavy (non-hydrogen) atoms. The first kappa shape index (κ1) is 15.4. The summed E-state index contributed by atoms with van der Waals surface area (Å²) in [6, 6.07) is 0.0181. The van der Waals surface area contributed by atoms with Crippen molar-refractivity contribution in [1.29, 1.82) is 0 Å². The summed E-state index contributed by atoms with van der Waals surface area (Å²) < 4.78 is 37.7. The molecule has 0 saturated carbocycles. The van der Waals surface area contributed by atoms with E-state index in [9.17, 15) is 13.2 Å². The summed E-state index contributed by atoms with van der Waals surface area (Å²) in [4.78, 5) is 0. The highest BCUT2D eigenvalue weighted by atomic mass is 32.2. The Hall–Kier alpha value is -0.690. The van der Waals surface area contributed by atoms with Crippen LogP contribution < -0.4 is 5.73 Å². The first-order valence-electron chi connectivity index (χ1n) is 5.70. The van der Waals surface area contributed by atoms with Gasteiger partial charge in [-0.25, -0.2) is 0 Å². The number of aromatic nitrogens is 2. The zero-order valence-electron chi connectivity index (χ0n) is 10.7. The summed E-state index contributed by atoms with van der Waals surface area (Å²) in [6.45, 7) is 5.89. The highest BCUT2D eigenvalue weighted by Gasteiger charge is 2.27. The molecule has 7 heteroatoms. The molecule has 0 amide bonds. The van der Waals surface area contributed by atoms with E-state index < -0.39 is 5.51 Å². The van der Waals surface area contributed by atoms with Crippen molar-refractivity contribution in [3.8, 4) is 0 Å². The normalized spacial score (nSPS) is 13.9. The minimum absolute atomic E-state index is 0.0181. The van der Waals surface area contributed by atoms with E-state index in [1.807, 2.05) is 20.8 Å². The Bertz CT molecular complexity index is 399. The van der Waals surface area contributed by atoms with Crippen LogP contribution in [0.3, 0.4) is 0 Å². The van der Waals surface area contributed by atoms with Gasteiger partial charge in [0.25, 0.3) is 0 Å². The van der Waals surface area contributed by atoms with Crippen LogP contribution in [0.1, 0.15) is 23.9 Å². The monoisotopic (exact) mass is 281 g/mol. The first-order chi connectivity index (χ1) is 8.20. The van der Waals surface area contributed by atoms with Gasteiger partial charge >= 0.3 is 5.51 Å². The Morgan fingerprint density at radius 3 is 2.50 bits per heavy atom. The van der Waals surface area contributed by atoms with E-state index in [1.165, 1.54) is 0 Å². The molecule has 1 aromatic rings. The number of hydrogen-bond acceptors (Lipinski definition) is 3. The number of nitrogens with zero attached hydrogens (tertiary/aromatic N) is 2. The molecule has 0 aliphatic carbocycles. The summed E-state index contributed by atoms with van der Waals surface area (Å²) in [6.07, 6.45) is 0.698. The number of aryl methyl sites for hydroxylation is 2. The fraction of sp³-hybridized carbons (Fsp3) is 0.727. The average Bonchev–Trinajstić information content (AvgIpc) is 2.43. The molecule has 3 nitrogen and oxygen atoms in total. The molecule has 0 aromatic carbocycles. The van der Waals surface area contributed by atoms with Crippen LogP contribution in [0.25, 0.3) is 0 Å². The topological polar surface area (TPSA) is 43.8 Å². The van der Waals surface area contributed by atoms with Gasteiger partial charge < -0.3 is 5.73 Å². The van der Waals surface area contributed by atoms with Crippen molar-refractivity contribution in [3.05, 3.63) is 17.0 Å². The number of nitrogens with two attached hydrogens (primary N) is 1. The van der Waals surface area contributed by atoms with Gasteiger partial charge in [-0.15, -0.1) is 0 Å². The fourth-order valence-electron chi connectivity index (χ4n) is 1.82. The van der Waals surface area contributed by atoms with Gasteiger partial charge in [0, 0.05) is 17.5 Å². The molecule has 104 valence electrons. The second-order valence-corrected chi connectivity index (χ2v) is 5.51. The summed E-state index contributed by atoms with van der Waals surface area (Å²) in [5.41, 5.74) is 4.37. The van der Waals surface area contributed by atoms with Gasteiger partial charge in [-0.2, -0.15) is 18.3 Å². The van der Waals surface area contributed by atoms with E-state index in [0.29, 0.717) is 6.42 Å². The molecule has 0 saturated heterocycles. The molecule has 1 rings (SSSR count). The van der Waals surface area contributed by atoms with E-state index in [1.54, 1.807) is 4.68 Å². The molecule has 0 radical (unpaired) electrons. The van der Waals surface area contributed by atoms with E-state index in [-0.39, 0.29) is 30.1 Å². The van der Waals surface area contributed by atoms with Crippen LogP contribution in [-0.2, 0) is 13.0 Å². The third-order valence-corrected chi connectivity index (χ3v) is 3.34. The van der Waals surface area contributed by atoms with Crippen LogP contribution in [0.4, 0.5) is 13.2 Å². The van der Waals surface area contributed by atoms with Crippen LogP contribution >= 0.6 is 11.8 Å². The van der Waals surface area contributed by atoms with Crippen LogP contribution in [0, 0.1) is 13.8 Å². The van der Waals surface area contributed by atoms with Gasteiger partial charge in [0.1, 0.15) is 0 Å².